The second-order valence-corrected chi connectivity index (χ2v) is 6.51. The van der Waals surface area contributed by atoms with E-state index < -0.39 is 5.54 Å². The molecule has 0 fully saturated rings. The first kappa shape index (κ1) is 19.5. The third-order valence-electron chi connectivity index (χ3n) is 4.88. The summed E-state index contributed by atoms with van der Waals surface area (Å²) in [6, 6.07) is 24.1. The van der Waals surface area contributed by atoms with Gasteiger partial charge < -0.3 is 14.2 Å². The average molecular weight is 375 g/mol. The molecule has 0 aliphatic rings. The van der Waals surface area contributed by atoms with Crippen molar-refractivity contribution >= 4 is 6.21 Å². The summed E-state index contributed by atoms with van der Waals surface area (Å²) in [5, 5.41) is 0. The van der Waals surface area contributed by atoms with E-state index in [1.54, 1.807) is 21.3 Å². The van der Waals surface area contributed by atoms with Crippen molar-refractivity contribution in [3.63, 3.8) is 0 Å². The van der Waals surface area contributed by atoms with Gasteiger partial charge in [-0.15, -0.1) is 0 Å². The minimum Gasteiger partial charge on any atom is -0.496 e. The van der Waals surface area contributed by atoms with Gasteiger partial charge in [0.05, 0.1) is 26.9 Å². The summed E-state index contributed by atoms with van der Waals surface area (Å²) in [6.45, 7) is 2.11. The molecule has 4 heteroatoms. The van der Waals surface area contributed by atoms with Crippen molar-refractivity contribution in [1.29, 1.82) is 0 Å². The fourth-order valence-electron chi connectivity index (χ4n) is 3.19. The van der Waals surface area contributed by atoms with Crippen molar-refractivity contribution in [2.45, 2.75) is 12.5 Å². The Bertz CT molecular complexity index is 872. The SMILES string of the molecule is COc1cc(OC)c(C=NC(C)(c2ccccc2)c2ccccc2)c(OC)c1. The Kier molecular flexibility index (Phi) is 5.99. The van der Waals surface area contributed by atoms with Crippen molar-refractivity contribution in [1.82, 2.24) is 0 Å². The van der Waals surface area contributed by atoms with Crippen LogP contribution in [0.3, 0.4) is 0 Å². The van der Waals surface area contributed by atoms with Crippen LogP contribution < -0.4 is 14.2 Å². The molecule has 3 rings (SSSR count). The first-order valence-electron chi connectivity index (χ1n) is 9.08. The third kappa shape index (κ3) is 3.86. The minimum atomic E-state index is -0.557. The highest BCUT2D eigenvalue weighted by Crippen LogP contribution is 2.36. The van der Waals surface area contributed by atoms with Gasteiger partial charge >= 0.3 is 0 Å². The number of methoxy groups -OCH3 is 3. The van der Waals surface area contributed by atoms with E-state index in [2.05, 4.69) is 31.2 Å². The smallest absolute Gasteiger partial charge is 0.135 e. The highest BCUT2D eigenvalue weighted by Gasteiger charge is 2.27. The van der Waals surface area contributed by atoms with Crippen LogP contribution in [-0.2, 0) is 5.54 Å². The normalized spacial score (nSPS) is 11.4. The van der Waals surface area contributed by atoms with Crippen LogP contribution in [0.4, 0.5) is 0 Å². The molecule has 3 aromatic rings. The molecule has 0 amide bonds. The molecule has 0 unspecified atom stereocenters. The number of hydrogen-bond donors (Lipinski definition) is 0. The molecule has 0 aromatic heterocycles. The Hall–Kier alpha value is -3.27. The molecule has 0 spiro atoms. The van der Waals surface area contributed by atoms with Crippen molar-refractivity contribution < 1.29 is 14.2 Å². The summed E-state index contributed by atoms with van der Waals surface area (Å²) in [7, 11) is 4.86. The molecule has 144 valence electrons. The Morgan fingerprint density at radius 3 is 1.57 bits per heavy atom. The van der Waals surface area contributed by atoms with E-state index in [0.29, 0.717) is 17.2 Å². The highest BCUT2D eigenvalue weighted by molar-refractivity contribution is 5.88. The average Bonchev–Trinajstić information content (AvgIpc) is 2.78. The van der Waals surface area contributed by atoms with Crippen molar-refractivity contribution in [3.05, 3.63) is 89.5 Å². The van der Waals surface area contributed by atoms with Gasteiger partial charge in [0, 0.05) is 18.3 Å². The zero-order chi connectivity index (χ0) is 20.0. The van der Waals surface area contributed by atoms with Crippen molar-refractivity contribution in [3.8, 4) is 17.2 Å². The molecule has 0 heterocycles. The maximum absolute atomic E-state index is 5.56. The van der Waals surface area contributed by atoms with E-state index >= 15 is 0 Å². The van der Waals surface area contributed by atoms with Crippen molar-refractivity contribution in [2.24, 2.45) is 4.99 Å². The van der Waals surface area contributed by atoms with Crippen LogP contribution in [0.5, 0.6) is 17.2 Å². The molecule has 3 aromatic carbocycles. The van der Waals surface area contributed by atoms with Crippen LogP contribution in [-0.4, -0.2) is 27.5 Å². The van der Waals surface area contributed by atoms with Crippen LogP contribution in [0.1, 0.15) is 23.6 Å². The Labute approximate surface area is 166 Å². The number of hydrogen-bond acceptors (Lipinski definition) is 4. The lowest BCUT2D eigenvalue weighted by atomic mass is 9.85. The summed E-state index contributed by atoms with van der Waals surface area (Å²) < 4.78 is 16.4. The van der Waals surface area contributed by atoms with Gasteiger partial charge in [-0.25, -0.2) is 0 Å². The largest absolute Gasteiger partial charge is 0.496 e. The van der Waals surface area contributed by atoms with Gasteiger partial charge in [-0.1, -0.05) is 60.7 Å². The Balaban J connectivity index is 2.14. The Morgan fingerprint density at radius 1 is 0.714 bits per heavy atom. The van der Waals surface area contributed by atoms with Gasteiger partial charge in [0.1, 0.15) is 22.8 Å². The first-order valence-corrected chi connectivity index (χ1v) is 9.08. The molecule has 28 heavy (non-hydrogen) atoms. The van der Waals surface area contributed by atoms with E-state index in [4.69, 9.17) is 19.2 Å². The van der Waals surface area contributed by atoms with Crippen LogP contribution >= 0.6 is 0 Å². The number of benzene rings is 3. The predicted octanol–water partition coefficient (Wildman–Crippen LogP) is 5.10. The summed E-state index contributed by atoms with van der Waals surface area (Å²) in [4.78, 5) is 5.01. The fraction of sp³-hybridized carbons (Fsp3) is 0.208. The quantitative estimate of drug-likeness (QED) is 0.540. The lowest BCUT2D eigenvalue weighted by Gasteiger charge is -2.27. The Morgan fingerprint density at radius 2 is 1.18 bits per heavy atom. The van der Waals surface area contributed by atoms with Gasteiger partial charge in [-0.05, 0) is 18.1 Å². The second kappa shape index (κ2) is 8.61. The molecule has 0 aliphatic carbocycles. The maximum atomic E-state index is 5.56. The summed E-state index contributed by atoms with van der Waals surface area (Å²) in [6.07, 6.45) is 1.82. The third-order valence-corrected chi connectivity index (χ3v) is 4.88. The van der Waals surface area contributed by atoms with Crippen LogP contribution in [0.15, 0.2) is 77.8 Å². The minimum absolute atomic E-state index is 0.557. The lowest BCUT2D eigenvalue weighted by Crippen LogP contribution is -2.21. The lowest BCUT2D eigenvalue weighted by molar-refractivity contribution is 0.374. The van der Waals surface area contributed by atoms with Crippen LogP contribution in [0.25, 0.3) is 0 Å². The predicted molar refractivity (Wildman–Crippen MR) is 113 cm³/mol. The molecular weight excluding hydrogens is 350 g/mol. The molecule has 0 radical (unpaired) electrons. The number of ether oxygens (including phenoxy) is 3. The van der Waals surface area contributed by atoms with E-state index in [9.17, 15) is 0 Å². The summed E-state index contributed by atoms with van der Waals surface area (Å²) >= 11 is 0. The number of aliphatic imine (C=N–C) groups is 1. The van der Waals surface area contributed by atoms with Crippen LogP contribution in [0.2, 0.25) is 0 Å². The fourth-order valence-corrected chi connectivity index (χ4v) is 3.19. The van der Waals surface area contributed by atoms with E-state index in [0.717, 1.165) is 16.7 Å². The summed E-state index contributed by atoms with van der Waals surface area (Å²) in [5.74, 6) is 1.95. The zero-order valence-electron chi connectivity index (χ0n) is 16.7. The second-order valence-electron chi connectivity index (χ2n) is 6.51. The molecule has 4 nitrogen and oxygen atoms in total. The number of rotatable bonds is 7. The topological polar surface area (TPSA) is 40.0 Å². The van der Waals surface area contributed by atoms with Gasteiger partial charge in [0.2, 0.25) is 0 Å². The van der Waals surface area contributed by atoms with Gasteiger partial charge in [0.15, 0.2) is 0 Å². The highest BCUT2D eigenvalue weighted by atomic mass is 16.5. The summed E-state index contributed by atoms with van der Waals surface area (Å²) in [5.41, 5.74) is 2.41. The maximum Gasteiger partial charge on any atom is 0.135 e. The molecule has 0 atom stereocenters. The van der Waals surface area contributed by atoms with Gasteiger partial charge in [-0.3, -0.25) is 4.99 Å². The van der Waals surface area contributed by atoms with E-state index in [1.165, 1.54) is 0 Å². The van der Waals surface area contributed by atoms with Gasteiger partial charge in [-0.2, -0.15) is 0 Å². The standard InChI is InChI=1S/C24H25NO3/c1-24(18-11-7-5-8-12-18,19-13-9-6-10-14-19)25-17-21-22(27-3)15-20(26-2)16-23(21)28-4/h5-17H,1-4H3. The number of nitrogens with zero attached hydrogens (tertiary/aromatic N) is 1. The molecule has 0 bridgehead atoms. The van der Waals surface area contributed by atoms with E-state index in [-0.39, 0.29) is 0 Å². The van der Waals surface area contributed by atoms with Crippen molar-refractivity contribution in [2.75, 3.05) is 21.3 Å². The van der Waals surface area contributed by atoms with Gasteiger partial charge in [0.25, 0.3) is 0 Å². The van der Waals surface area contributed by atoms with Crippen LogP contribution in [0, 0.1) is 0 Å². The molecule has 0 saturated heterocycles. The zero-order valence-corrected chi connectivity index (χ0v) is 16.7. The molecule has 0 saturated carbocycles. The monoisotopic (exact) mass is 375 g/mol. The molecular formula is C24H25NO3. The molecule has 0 N–H and O–H groups in total. The first-order chi connectivity index (χ1) is 13.6. The molecule has 0 aliphatic heterocycles. The van der Waals surface area contributed by atoms with E-state index in [1.807, 2.05) is 54.7 Å².